The topological polar surface area (TPSA) is 116 Å². The van der Waals surface area contributed by atoms with E-state index < -0.39 is 29.4 Å². The lowest BCUT2D eigenvalue weighted by molar-refractivity contribution is -0.166. The summed E-state index contributed by atoms with van der Waals surface area (Å²) >= 11 is 0. The number of cyclic esters (lactones) is 2. The number of hydrogen-bond acceptors (Lipinski definition) is 8. The Balaban J connectivity index is 1.39. The van der Waals surface area contributed by atoms with Crippen LogP contribution in [0.2, 0.25) is 0 Å². The summed E-state index contributed by atoms with van der Waals surface area (Å²) in [7, 11) is 0. The first-order valence-electron chi connectivity index (χ1n) is 14.2. The molecule has 0 spiro atoms. The molecule has 0 aromatic heterocycles. The Morgan fingerprint density at radius 3 is 2.11 bits per heavy atom. The van der Waals surface area contributed by atoms with E-state index in [0.717, 1.165) is 25.7 Å². The summed E-state index contributed by atoms with van der Waals surface area (Å²) in [5.41, 5.74) is -0.542. The molecule has 1 saturated heterocycles. The molecule has 1 aliphatic heterocycles. The molecule has 8 heteroatoms. The van der Waals surface area contributed by atoms with Gasteiger partial charge in [0.15, 0.2) is 0 Å². The number of carbonyl (C=O) groups is 4. The van der Waals surface area contributed by atoms with Crippen LogP contribution < -0.4 is 0 Å². The Hall–Kier alpha value is -1.96. The predicted octanol–water partition coefficient (Wildman–Crippen LogP) is 3.39. The molecule has 0 aromatic carbocycles. The average molecular weight is 519 g/mol. The van der Waals surface area contributed by atoms with Gasteiger partial charge in [-0.25, -0.2) is 0 Å². The number of aliphatic hydroxyl groups excluding tert-OH is 1. The lowest BCUT2D eigenvalue weighted by atomic mass is 9.50. The molecule has 8 nitrogen and oxygen atoms in total. The van der Waals surface area contributed by atoms with Crippen molar-refractivity contribution in [2.45, 2.75) is 72.3 Å². The zero-order chi connectivity index (χ0) is 26.8. The summed E-state index contributed by atoms with van der Waals surface area (Å²) in [6.07, 6.45) is 4.12. The molecule has 0 radical (unpaired) electrons. The minimum Gasteiger partial charge on any atom is -0.463 e. The van der Waals surface area contributed by atoms with Crippen LogP contribution >= 0.6 is 0 Å². The molecule has 0 amide bonds. The minimum absolute atomic E-state index is 0.0138. The zero-order valence-electron chi connectivity index (χ0n) is 22.7. The van der Waals surface area contributed by atoms with Crippen molar-refractivity contribution in [2.24, 2.45) is 71.0 Å². The van der Waals surface area contributed by atoms with Crippen LogP contribution in [0.5, 0.6) is 0 Å². The van der Waals surface area contributed by atoms with Crippen molar-refractivity contribution in [1.29, 1.82) is 0 Å². The first kappa shape index (κ1) is 26.6. The van der Waals surface area contributed by atoms with Crippen LogP contribution in [0.15, 0.2) is 0 Å². The summed E-state index contributed by atoms with van der Waals surface area (Å²) in [6, 6.07) is 0. The molecule has 5 aliphatic carbocycles. The smallest absolute Gasteiger partial charge is 0.317 e. The van der Waals surface area contributed by atoms with Gasteiger partial charge < -0.3 is 19.3 Å². The van der Waals surface area contributed by atoms with E-state index in [4.69, 9.17) is 19.3 Å². The second-order valence-electron chi connectivity index (χ2n) is 13.4. The van der Waals surface area contributed by atoms with Gasteiger partial charge in [-0.1, -0.05) is 13.8 Å². The fourth-order valence-corrected chi connectivity index (χ4v) is 9.30. The molecular weight excluding hydrogens is 476 g/mol. The van der Waals surface area contributed by atoms with Gasteiger partial charge in [0.2, 0.25) is 0 Å². The molecular formula is C29H42O8. The van der Waals surface area contributed by atoms with Gasteiger partial charge in [-0.05, 0) is 100 Å². The number of aliphatic hydroxyl groups is 1. The van der Waals surface area contributed by atoms with Gasteiger partial charge in [0.1, 0.15) is 12.2 Å². The van der Waals surface area contributed by atoms with Gasteiger partial charge in [-0.2, -0.15) is 0 Å². The Morgan fingerprint density at radius 2 is 1.49 bits per heavy atom. The maximum Gasteiger partial charge on any atom is 0.317 e. The largest absolute Gasteiger partial charge is 0.463 e. The van der Waals surface area contributed by atoms with Crippen LogP contribution in [0, 0.1) is 71.0 Å². The van der Waals surface area contributed by atoms with E-state index in [2.05, 4.69) is 13.8 Å². The van der Waals surface area contributed by atoms with E-state index in [1.54, 1.807) is 0 Å². The first-order valence-corrected chi connectivity index (χ1v) is 14.2. The van der Waals surface area contributed by atoms with Crippen molar-refractivity contribution in [3.05, 3.63) is 0 Å². The van der Waals surface area contributed by atoms with Gasteiger partial charge >= 0.3 is 23.9 Å². The van der Waals surface area contributed by atoms with Gasteiger partial charge in [-0.15, -0.1) is 0 Å². The molecule has 6 fully saturated rings. The van der Waals surface area contributed by atoms with Crippen molar-refractivity contribution in [2.75, 3.05) is 13.2 Å². The molecule has 12 atom stereocenters. The molecule has 6 aliphatic rings. The van der Waals surface area contributed by atoms with Crippen LogP contribution in [0.3, 0.4) is 0 Å². The van der Waals surface area contributed by atoms with Crippen LogP contribution in [0.4, 0.5) is 0 Å². The highest BCUT2D eigenvalue weighted by Gasteiger charge is 2.65. The molecule has 5 saturated carbocycles. The Labute approximate surface area is 219 Å². The summed E-state index contributed by atoms with van der Waals surface area (Å²) in [6.45, 7) is 9.66. The Kier molecular flexibility index (Phi) is 6.95. The number of carbonyl (C=O) groups excluding carboxylic acids is 4. The lowest BCUT2D eigenvalue weighted by Gasteiger charge is -2.53. The molecule has 6 rings (SSSR count). The van der Waals surface area contributed by atoms with Crippen molar-refractivity contribution in [3.8, 4) is 0 Å². The van der Waals surface area contributed by atoms with Gasteiger partial charge in [0.25, 0.3) is 0 Å². The number of hydrogen-bond donors (Lipinski definition) is 1. The lowest BCUT2D eigenvalue weighted by Crippen LogP contribution is -2.53. The summed E-state index contributed by atoms with van der Waals surface area (Å²) in [5.74, 6) is -2.18. The highest BCUT2D eigenvalue weighted by Crippen LogP contribution is 2.63. The zero-order valence-corrected chi connectivity index (χ0v) is 22.7. The third kappa shape index (κ3) is 4.51. The highest BCUT2D eigenvalue weighted by molar-refractivity contribution is 5.97. The molecule has 37 heavy (non-hydrogen) atoms. The standard InChI is InChI=1S/C29H42O8/c1-13-15-6-7-17(19(10-15)25(31)35-9-8-30)22(13)24-23(27(33)36-28(24)34)21-14(2)18-11-16(21)12-20(18)26(32)37-29(3,4)5/h13-24,30H,6-12H2,1-5H3. The van der Waals surface area contributed by atoms with Crippen LogP contribution in [-0.2, 0) is 33.4 Å². The van der Waals surface area contributed by atoms with Crippen LogP contribution in [-0.4, -0.2) is 47.8 Å². The van der Waals surface area contributed by atoms with E-state index in [1.807, 2.05) is 20.8 Å². The predicted molar refractivity (Wildman–Crippen MR) is 131 cm³/mol. The van der Waals surface area contributed by atoms with Gasteiger partial charge in [0, 0.05) is 0 Å². The highest BCUT2D eigenvalue weighted by atomic mass is 16.6. The number of ether oxygens (including phenoxy) is 3. The maximum absolute atomic E-state index is 13.3. The quantitative estimate of drug-likeness (QED) is 0.323. The van der Waals surface area contributed by atoms with E-state index in [-0.39, 0.29) is 78.4 Å². The molecule has 0 aromatic rings. The van der Waals surface area contributed by atoms with Crippen LogP contribution in [0.25, 0.3) is 0 Å². The Morgan fingerprint density at radius 1 is 0.865 bits per heavy atom. The maximum atomic E-state index is 13.3. The number of fused-ring (bicyclic) bond motifs is 5. The second-order valence-corrected chi connectivity index (χ2v) is 13.4. The van der Waals surface area contributed by atoms with E-state index >= 15 is 0 Å². The fraction of sp³-hybridized carbons (Fsp3) is 0.862. The molecule has 1 N–H and O–H groups in total. The average Bonchev–Trinajstić information content (AvgIpc) is 3.47. The van der Waals surface area contributed by atoms with Crippen molar-refractivity contribution < 1.29 is 38.5 Å². The number of rotatable bonds is 6. The summed E-state index contributed by atoms with van der Waals surface area (Å²) < 4.78 is 16.4. The van der Waals surface area contributed by atoms with E-state index in [1.165, 1.54) is 0 Å². The van der Waals surface area contributed by atoms with Crippen LogP contribution in [0.1, 0.15) is 66.7 Å². The minimum atomic E-state index is -0.560. The molecule has 206 valence electrons. The fourth-order valence-electron chi connectivity index (χ4n) is 9.30. The summed E-state index contributed by atoms with van der Waals surface area (Å²) in [4.78, 5) is 52.4. The normalized spacial score (nSPS) is 44.7. The van der Waals surface area contributed by atoms with Crippen molar-refractivity contribution in [1.82, 2.24) is 0 Å². The second kappa shape index (κ2) is 9.65. The molecule has 12 unspecified atom stereocenters. The van der Waals surface area contributed by atoms with E-state index in [9.17, 15) is 19.2 Å². The Bertz CT molecular complexity index is 950. The molecule has 1 heterocycles. The van der Waals surface area contributed by atoms with Crippen molar-refractivity contribution >= 4 is 23.9 Å². The van der Waals surface area contributed by atoms with Gasteiger partial charge in [0.05, 0.1) is 30.3 Å². The monoisotopic (exact) mass is 518 g/mol. The third-order valence-corrected chi connectivity index (χ3v) is 10.6. The molecule has 4 bridgehead atoms. The number of esters is 4. The SMILES string of the molecule is CC1C2CC(CC2C(=O)OC(C)(C)C)C1C1C(=O)OC(=O)C1C1C(C)C2CCC1C(C(=O)OCCO)C2. The van der Waals surface area contributed by atoms with Crippen molar-refractivity contribution in [3.63, 3.8) is 0 Å². The van der Waals surface area contributed by atoms with Gasteiger partial charge in [-0.3, -0.25) is 19.2 Å². The first-order chi connectivity index (χ1) is 17.4. The summed E-state index contributed by atoms with van der Waals surface area (Å²) in [5, 5.41) is 9.11. The van der Waals surface area contributed by atoms with E-state index in [0.29, 0.717) is 12.3 Å². The third-order valence-electron chi connectivity index (χ3n) is 10.6.